The van der Waals surface area contributed by atoms with Crippen molar-refractivity contribution in [2.24, 2.45) is 0 Å². The summed E-state index contributed by atoms with van der Waals surface area (Å²) in [5.41, 5.74) is 12.7. The fourth-order valence-corrected chi connectivity index (χ4v) is 3.72. The van der Waals surface area contributed by atoms with E-state index in [2.05, 4.69) is 89.3 Å². The van der Waals surface area contributed by atoms with Crippen molar-refractivity contribution in [3.8, 4) is 11.5 Å². The molecule has 0 saturated heterocycles. The van der Waals surface area contributed by atoms with Crippen LogP contribution in [0, 0.1) is 32.2 Å². The number of hydrogen-bond acceptors (Lipinski definition) is 0. The standard InChI is InChI=1S/C19H30Si2/c1-15-10-11-19(17(3)16(15)2)18(14-21(7,8)9)12-13-20(4,5)6/h10-11,14H,1-9H3/b18-14+. The van der Waals surface area contributed by atoms with Crippen LogP contribution < -0.4 is 0 Å². The molecule has 0 aromatic heterocycles. The summed E-state index contributed by atoms with van der Waals surface area (Å²) in [4.78, 5) is 0. The molecule has 0 aliphatic heterocycles. The summed E-state index contributed by atoms with van der Waals surface area (Å²) < 4.78 is 0. The van der Waals surface area contributed by atoms with E-state index in [0.717, 1.165) is 0 Å². The molecule has 0 saturated carbocycles. The summed E-state index contributed by atoms with van der Waals surface area (Å²) in [6.45, 7) is 20.7. The van der Waals surface area contributed by atoms with Crippen molar-refractivity contribution in [3.05, 3.63) is 40.1 Å². The quantitative estimate of drug-likeness (QED) is 0.481. The second-order valence-corrected chi connectivity index (χ2v) is 17.9. The molecule has 114 valence electrons. The Morgan fingerprint density at radius 1 is 0.905 bits per heavy atom. The first kappa shape index (κ1) is 18.0. The normalized spacial score (nSPS) is 12.9. The molecule has 1 aromatic rings. The van der Waals surface area contributed by atoms with E-state index in [9.17, 15) is 0 Å². The van der Waals surface area contributed by atoms with E-state index < -0.39 is 16.1 Å². The minimum atomic E-state index is -1.36. The van der Waals surface area contributed by atoms with E-state index in [1.807, 2.05) is 0 Å². The molecule has 0 spiro atoms. The van der Waals surface area contributed by atoms with Crippen molar-refractivity contribution in [1.29, 1.82) is 0 Å². The van der Waals surface area contributed by atoms with Gasteiger partial charge in [0.25, 0.3) is 0 Å². The van der Waals surface area contributed by atoms with Crippen molar-refractivity contribution in [1.82, 2.24) is 0 Å². The highest BCUT2D eigenvalue weighted by Crippen LogP contribution is 2.25. The molecule has 0 radical (unpaired) electrons. The lowest BCUT2D eigenvalue weighted by atomic mass is 9.95. The van der Waals surface area contributed by atoms with Crippen molar-refractivity contribution < 1.29 is 0 Å². The van der Waals surface area contributed by atoms with Crippen LogP contribution in [0.15, 0.2) is 17.8 Å². The third kappa shape index (κ3) is 5.69. The number of hydrogen-bond donors (Lipinski definition) is 0. The molecular weight excluding hydrogens is 284 g/mol. The van der Waals surface area contributed by atoms with Crippen molar-refractivity contribution in [2.45, 2.75) is 60.1 Å². The number of rotatable bonds is 2. The van der Waals surface area contributed by atoms with Gasteiger partial charge in [0.1, 0.15) is 8.07 Å². The van der Waals surface area contributed by atoms with Gasteiger partial charge >= 0.3 is 0 Å². The third-order valence-corrected chi connectivity index (χ3v) is 5.53. The average molecular weight is 315 g/mol. The Hall–Kier alpha value is -1.05. The van der Waals surface area contributed by atoms with E-state index in [0.29, 0.717) is 0 Å². The van der Waals surface area contributed by atoms with Gasteiger partial charge in [-0.1, -0.05) is 63.0 Å². The topological polar surface area (TPSA) is 0 Å². The van der Waals surface area contributed by atoms with Crippen LogP contribution in [0.3, 0.4) is 0 Å². The molecule has 0 unspecified atom stereocenters. The van der Waals surface area contributed by atoms with Crippen molar-refractivity contribution >= 4 is 21.7 Å². The molecule has 0 atom stereocenters. The largest absolute Gasteiger partial charge is 0.129 e. The maximum absolute atomic E-state index is 3.55. The van der Waals surface area contributed by atoms with Crippen LogP contribution in [-0.2, 0) is 0 Å². The number of aryl methyl sites for hydroxylation is 1. The van der Waals surface area contributed by atoms with Crippen LogP contribution in [0.2, 0.25) is 39.3 Å². The molecule has 2 heteroatoms. The fraction of sp³-hybridized carbons (Fsp3) is 0.474. The first-order valence-corrected chi connectivity index (χ1v) is 14.8. The molecule has 21 heavy (non-hydrogen) atoms. The average Bonchev–Trinajstić information content (AvgIpc) is 2.30. The van der Waals surface area contributed by atoms with Gasteiger partial charge in [-0.15, -0.1) is 5.54 Å². The first-order chi connectivity index (χ1) is 9.41. The number of benzene rings is 1. The first-order valence-electron chi connectivity index (χ1n) is 7.74. The SMILES string of the molecule is Cc1ccc(/C(C#C[Si](C)(C)C)=C/[Si](C)(C)C)c(C)c1C. The van der Waals surface area contributed by atoms with Crippen molar-refractivity contribution in [2.75, 3.05) is 0 Å². The monoisotopic (exact) mass is 314 g/mol. The smallest absolute Gasteiger partial charge is 0.127 e. The van der Waals surface area contributed by atoms with Gasteiger partial charge in [0.2, 0.25) is 0 Å². The molecule has 1 rings (SSSR count). The lowest BCUT2D eigenvalue weighted by Gasteiger charge is -2.16. The van der Waals surface area contributed by atoms with Gasteiger partial charge in [0, 0.05) is 5.57 Å². The zero-order valence-electron chi connectivity index (χ0n) is 15.2. The van der Waals surface area contributed by atoms with E-state index in [1.54, 1.807) is 0 Å². The maximum atomic E-state index is 3.55. The Labute approximate surface area is 133 Å². The summed E-state index contributed by atoms with van der Waals surface area (Å²) in [5, 5.41) is 0. The second kappa shape index (κ2) is 6.38. The van der Waals surface area contributed by atoms with E-state index >= 15 is 0 Å². The second-order valence-electron chi connectivity index (χ2n) is 8.10. The van der Waals surface area contributed by atoms with Crippen LogP contribution >= 0.6 is 0 Å². The predicted octanol–water partition coefficient (Wildman–Crippen LogP) is 5.75. The Morgan fingerprint density at radius 3 is 1.95 bits per heavy atom. The van der Waals surface area contributed by atoms with Crippen LogP contribution in [-0.4, -0.2) is 16.1 Å². The highest BCUT2D eigenvalue weighted by molar-refractivity contribution is 6.84. The molecule has 0 amide bonds. The number of allylic oxidation sites excluding steroid dienone is 1. The fourth-order valence-electron chi connectivity index (χ4n) is 2.12. The minimum absolute atomic E-state index is 1.25. The molecule has 0 aliphatic carbocycles. The van der Waals surface area contributed by atoms with Crippen molar-refractivity contribution in [3.63, 3.8) is 0 Å². The molecule has 0 bridgehead atoms. The predicted molar refractivity (Wildman–Crippen MR) is 103 cm³/mol. The molecule has 1 aromatic carbocycles. The highest BCUT2D eigenvalue weighted by Gasteiger charge is 2.15. The highest BCUT2D eigenvalue weighted by atomic mass is 28.3. The van der Waals surface area contributed by atoms with Gasteiger partial charge in [-0.2, -0.15) is 0 Å². The molecule has 0 aliphatic rings. The third-order valence-electron chi connectivity index (χ3n) is 3.50. The molecule has 0 fully saturated rings. The molecule has 0 nitrogen and oxygen atoms in total. The Balaban J connectivity index is 3.49. The minimum Gasteiger partial charge on any atom is -0.127 e. The molecule has 0 heterocycles. The Morgan fingerprint density at radius 2 is 1.48 bits per heavy atom. The van der Waals surface area contributed by atoms with E-state index in [1.165, 1.54) is 27.8 Å². The summed E-state index contributed by atoms with van der Waals surface area (Å²) in [5.74, 6) is 3.53. The maximum Gasteiger partial charge on any atom is 0.129 e. The van der Waals surface area contributed by atoms with Gasteiger partial charge < -0.3 is 0 Å². The van der Waals surface area contributed by atoms with Crippen LogP contribution in [0.5, 0.6) is 0 Å². The van der Waals surface area contributed by atoms with Crippen LogP contribution in [0.4, 0.5) is 0 Å². The zero-order chi connectivity index (χ0) is 16.4. The van der Waals surface area contributed by atoms with E-state index in [4.69, 9.17) is 0 Å². The lowest BCUT2D eigenvalue weighted by molar-refractivity contribution is 1.25. The molecule has 0 N–H and O–H groups in total. The summed E-state index contributed by atoms with van der Waals surface area (Å²) in [6, 6.07) is 4.48. The van der Waals surface area contributed by atoms with Gasteiger partial charge in [-0.25, -0.2) is 0 Å². The van der Waals surface area contributed by atoms with Gasteiger partial charge in [-0.05, 0) is 43.0 Å². The van der Waals surface area contributed by atoms with Crippen LogP contribution in [0.1, 0.15) is 22.3 Å². The zero-order valence-corrected chi connectivity index (χ0v) is 17.2. The lowest BCUT2D eigenvalue weighted by Crippen LogP contribution is -2.18. The molecular formula is C19H30Si2. The van der Waals surface area contributed by atoms with Gasteiger partial charge in [0.15, 0.2) is 0 Å². The Kier molecular flexibility index (Phi) is 5.47. The summed E-state index contributed by atoms with van der Waals surface area (Å²) in [6.07, 6.45) is 0. The summed E-state index contributed by atoms with van der Waals surface area (Å²) in [7, 11) is -2.66. The Bertz CT molecular complexity index is 612. The van der Waals surface area contributed by atoms with Gasteiger partial charge in [-0.3, -0.25) is 0 Å². The van der Waals surface area contributed by atoms with Gasteiger partial charge in [0.05, 0.1) is 8.07 Å². The summed E-state index contributed by atoms with van der Waals surface area (Å²) >= 11 is 0. The van der Waals surface area contributed by atoms with Crippen LogP contribution in [0.25, 0.3) is 5.57 Å². The van der Waals surface area contributed by atoms with E-state index in [-0.39, 0.29) is 0 Å².